The van der Waals surface area contributed by atoms with E-state index in [4.69, 9.17) is 5.73 Å². The number of halogens is 1. The maximum Gasteiger partial charge on any atom is 0.271 e. The van der Waals surface area contributed by atoms with Gasteiger partial charge in [0.25, 0.3) is 11.6 Å². The molecule has 2 aromatic rings. The Hall–Kier alpha value is -2.03. The molecule has 9 heteroatoms. The fraction of sp³-hybridized carbons (Fsp3) is 0.286. The van der Waals surface area contributed by atoms with Crippen LogP contribution < -0.4 is 11.1 Å². The molecule has 0 fully saturated rings. The number of hydrogen-bond acceptors (Lipinski definition) is 6. The highest BCUT2D eigenvalue weighted by molar-refractivity contribution is 7.13. The maximum absolute atomic E-state index is 12.1. The predicted molar refractivity (Wildman–Crippen MR) is 92.1 cm³/mol. The van der Waals surface area contributed by atoms with Gasteiger partial charge in [0.1, 0.15) is 10.7 Å². The van der Waals surface area contributed by atoms with E-state index in [1.807, 2.05) is 13.8 Å². The summed E-state index contributed by atoms with van der Waals surface area (Å²) in [4.78, 5) is 26.5. The van der Waals surface area contributed by atoms with Gasteiger partial charge in [-0.15, -0.1) is 23.7 Å². The van der Waals surface area contributed by atoms with Crippen LogP contribution in [0.3, 0.4) is 0 Å². The van der Waals surface area contributed by atoms with E-state index in [-0.39, 0.29) is 24.0 Å². The number of non-ortho nitro benzene ring substituents is 1. The van der Waals surface area contributed by atoms with Gasteiger partial charge in [0, 0.05) is 35.2 Å². The van der Waals surface area contributed by atoms with Crippen molar-refractivity contribution in [2.75, 3.05) is 6.54 Å². The number of nitro groups is 1. The fourth-order valence-electron chi connectivity index (χ4n) is 1.66. The molecule has 0 saturated carbocycles. The van der Waals surface area contributed by atoms with Crippen LogP contribution in [0.25, 0.3) is 10.6 Å². The molecule has 0 aliphatic rings. The molecule has 3 N–H and O–H groups in total. The molecule has 0 saturated heterocycles. The number of carbonyl (C=O) groups is 1. The zero-order chi connectivity index (χ0) is 16.3. The molecule has 0 unspecified atom stereocenters. The smallest absolute Gasteiger partial charge is 0.271 e. The second kappa shape index (κ2) is 7.49. The van der Waals surface area contributed by atoms with E-state index in [9.17, 15) is 14.9 Å². The van der Waals surface area contributed by atoms with Crippen molar-refractivity contribution in [3.8, 4) is 10.6 Å². The van der Waals surface area contributed by atoms with Crippen LogP contribution in [0.1, 0.15) is 24.3 Å². The number of thiazole rings is 1. The third kappa shape index (κ3) is 4.72. The van der Waals surface area contributed by atoms with Crippen LogP contribution in [-0.4, -0.2) is 27.9 Å². The number of aromatic nitrogens is 1. The number of carbonyl (C=O) groups excluding carboxylic acids is 1. The molecule has 23 heavy (non-hydrogen) atoms. The maximum atomic E-state index is 12.1. The average Bonchev–Trinajstić information content (AvgIpc) is 2.97. The van der Waals surface area contributed by atoms with E-state index in [0.717, 1.165) is 5.56 Å². The van der Waals surface area contributed by atoms with Crippen molar-refractivity contribution in [2.24, 2.45) is 5.73 Å². The lowest BCUT2D eigenvalue weighted by molar-refractivity contribution is -0.384. The van der Waals surface area contributed by atoms with E-state index in [2.05, 4.69) is 10.3 Å². The topological polar surface area (TPSA) is 111 Å². The number of rotatable bonds is 5. The van der Waals surface area contributed by atoms with Crippen LogP contribution >= 0.6 is 23.7 Å². The number of nitrogens with two attached hydrogens (primary N) is 1. The summed E-state index contributed by atoms with van der Waals surface area (Å²) >= 11 is 1.31. The van der Waals surface area contributed by atoms with Crippen LogP contribution in [0.4, 0.5) is 5.69 Å². The lowest BCUT2D eigenvalue weighted by Gasteiger charge is -2.23. The quantitative estimate of drug-likeness (QED) is 0.631. The summed E-state index contributed by atoms with van der Waals surface area (Å²) in [6, 6.07) is 6.05. The zero-order valence-electron chi connectivity index (χ0n) is 12.6. The number of nitrogens with zero attached hydrogens (tertiary/aromatic N) is 2. The minimum Gasteiger partial charge on any atom is -0.345 e. The Labute approximate surface area is 143 Å². The van der Waals surface area contributed by atoms with Gasteiger partial charge in [-0.3, -0.25) is 14.9 Å². The van der Waals surface area contributed by atoms with E-state index >= 15 is 0 Å². The molecule has 1 amide bonds. The van der Waals surface area contributed by atoms with Gasteiger partial charge in [-0.2, -0.15) is 0 Å². The zero-order valence-corrected chi connectivity index (χ0v) is 14.2. The Morgan fingerprint density at radius 1 is 1.39 bits per heavy atom. The largest absolute Gasteiger partial charge is 0.345 e. The van der Waals surface area contributed by atoms with Crippen molar-refractivity contribution in [2.45, 2.75) is 19.4 Å². The van der Waals surface area contributed by atoms with Gasteiger partial charge in [0.05, 0.1) is 4.92 Å². The van der Waals surface area contributed by atoms with Crippen molar-refractivity contribution >= 4 is 35.3 Å². The summed E-state index contributed by atoms with van der Waals surface area (Å²) in [6.07, 6.45) is 0. The first-order valence-electron chi connectivity index (χ1n) is 6.55. The third-order valence-electron chi connectivity index (χ3n) is 3.02. The van der Waals surface area contributed by atoms with Crippen LogP contribution in [0.15, 0.2) is 29.6 Å². The molecule has 2 rings (SSSR count). The van der Waals surface area contributed by atoms with Gasteiger partial charge in [-0.25, -0.2) is 4.98 Å². The molecule has 0 aliphatic heterocycles. The molecule has 1 heterocycles. The summed E-state index contributed by atoms with van der Waals surface area (Å²) in [6.45, 7) is 3.97. The van der Waals surface area contributed by atoms with Crippen LogP contribution in [0, 0.1) is 10.1 Å². The fourth-order valence-corrected chi connectivity index (χ4v) is 2.46. The Morgan fingerprint density at radius 2 is 2.00 bits per heavy atom. The third-order valence-corrected chi connectivity index (χ3v) is 3.92. The molecule has 0 spiro atoms. The molecular formula is C14H17ClN4O3S. The molecule has 124 valence electrons. The molecule has 0 aliphatic carbocycles. The van der Waals surface area contributed by atoms with E-state index in [1.165, 1.54) is 23.5 Å². The van der Waals surface area contributed by atoms with E-state index in [1.54, 1.807) is 17.5 Å². The Kier molecular flexibility index (Phi) is 6.20. The van der Waals surface area contributed by atoms with Crippen molar-refractivity contribution < 1.29 is 9.72 Å². The standard InChI is InChI=1S/C14H16N4O3S.ClH/c1-14(2,8-15)17-12(19)11-7-22-13(16-11)9-3-5-10(6-4-9)18(20)21;/h3-7H,8,15H2,1-2H3,(H,17,19);1H. The second-order valence-corrected chi connectivity index (χ2v) is 6.24. The highest BCUT2D eigenvalue weighted by Crippen LogP contribution is 2.25. The van der Waals surface area contributed by atoms with Gasteiger partial charge >= 0.3 is 0 Å². The van der Waals surface area contributed by atoms with Crippen LogP contribution in [0.5, 0.6) is 0 Å². The molecule has 0 atom stereocenters. The minimum atomic E-state index is -0.506. The van der Waals surface area contributed by atoms with Gasteiger partial charge < -0.3 is 11.1 Å². The molecule has 0 radical (unpaired) electrons. The lowest BCUT2D eigenvalue weighted by atomic mass is 10.1. The molecule has 7 nitrogen and oxygen atoms in total. The number of nitrogens with one attached hydrogen (secondary N) is 1. The van der Waals surface area contributed by atoms with Crippen LogP contribution in [-0.2, 0) is 0 Å². The molecule has 0 bridgehead atoms. The molecular weight excluding hydrogens is 340 g/mol. The van der Waals surface area contributed by atoms with Gasteiger partial charge in [0.2, 0.25) is 0 Å². The van der Waals surface area contributed by atoms with Crippen LogP contribution in [0.2, 0.25) is 0 Å². The van der Waals surface area contributed by atoms with Crippen molar-refractivity contribution in [3.63, 3.8) is 0 Å². The average molecular weight is 357 g/mol. The number of nitro benzene ring substituents is 1. The number of benzene rings is 1. The van der Waals surface area contributed by atoms with Crippen molar-refractivity contribution in [1.29, 1.82) is 0 Å². The Balaban J connectivity index is 0.00000264. The minimum absolute atomic E-state index is 0. The van der Waals surface area contributed by atoms with E-state index < -0.39 is 10.5 Å². The summed E-state index contributed by atoms with van der Waals surface area (Å²) in [5.41, 5.74) is 6.13. The first-order valence-corrected chi connectivity index (χ1v) is 7.43. The Bertz CT molecular complexity index is 700. The Morgan fingerprint density at radius 3 is 2.52 bits per heavy atom. The number of amides is 1. The first kappa shape index (κ1) is 19.0. The first-order chi connectivity index (χ1) is 10.3. The lowest BCUT2D eigenvalue weighted by Crippen LogP contribution is -2.48. The van der Waals surface area contributed by atoms with Gasteiger partial charge in [-0.1, -0.05) is 0 Å². The monoisotopic (exact) mass is 356 g/mol. The van der Waals surface area contributed by atoms with E-state index in [0.29, 0.717) is 17.2 Å². The summed E-state index contributed by atoms with van der Waals surface area (Å²) < 4.78 is 0. The normalized spacial score (nSPS) is 10.7. The number of hydrogen-bond donors (Lipinski definition) is 2. The van der Waals surface area contributed by atoms with Crippen molar-refractivity contribution in [1.82, 2.24) is 10.3 Å². The second-order valence-electron chi connectivity index (χ2n) is 5.38. The van der Waals surface area contributed by atoms with Gasteiger partial charge in [0.15, 0.2) is 0 Å². The SMILES string of the molecule is CC(C)(CN)NC(=O)c1csc(-c2ccc([N+](=O)[O-])cc2)n1.Cl. The van der Waals surface area contributed by atoms with Gasteiger partial charge in [-0.05, 0) is 26.0 Å². The summed E-state index contributed by atoms with van der Waals surface area (Å²) in [5, 5.41) is 15.7. The summed E-state index contributed by atoms with van der Waals surface area (Å²) in [5.74, 6) is -0.292. The highest BCUT2D eigenvalue weighted by Gasteiger charge is 2.21. The predicted octanol–water partition coefficient (Wildman–Crippen LogP) is 2.61. The van der Waals surface area contributed by atoms with Crippen molar-refractivity contribution in [3.05, 3.63) is 45.5 Å². The molecule has 1 aromatic heterocycles. The molecule has 1 aromatic carbocycles. The summed E-state index contributed by atoms with van der Waals surface area (Å²) in [7, 11) is 0. The highest BCUT2D eigenvalue weighted by atomic mass is 35.5.